The SMILES string of the molecule is CC12CCC(C1)C(C)(C)C2NCc1cc(Br)cc(Br)c1O. The zero-order valence-electron chi connectivity index (χ0n) is 12.8. The zero-order chi connectivity index (χ0) is 15.4. The van der Waals surface area contributed by atoms with E-state index in [-0.39, 0.29) is 0 Å². The summed E-state index contributed by atoms with van der Waals surface area (Å²) >= 11 is 6.91. The Bertz CT molecular complexity index is 567. The van der Waals surface area contributed by atoms with E-state index in [1.54, 1.807) is 0 Å². The third-order valence-corrected chi connectivity index (χ3v) is 6.94. The van der Waals surface area contributed by atoms with E-state index < -0.39 is 0 Å². The molecule has 0 saturated heterocycles. The van der Waals surface area contributed by atoms with Crippen LogP contribution in [-0.4, -0.2) is 11.1 Å². The molecule has 3 rings (SSSR count). The maximum atomic E-state index is 10.2. The van der Waals surface area contributed by atoms with Crippen LogP contribution >= 0.6 is 31.9 Å². The van der Waals surface area contributed by atoms with E-state index in [2.05, 4.69) is 57.9 Å². The number of phenols is 1. The highest BCUT2D eigenvalue weighted by molar-refractivity contribution is 9.11. The van der Waals surface area contributed by atoms with Crippen molar-refractivity contribution in [3.8, 4) is 5.75 Å². The Morgan fingerprint density at radius 1 is 1.29 bits per heavy atom. The van der Waals surface area contributed by atoms with Crippen molar-refractivity contribution in [2.45, 2.75) is 52.6 Å². The van der Waals surface area contributed by atoms with Crippen molar-refractivity contribution in [2.24, 2.45) is 16.7 Å². The Morgan fingerprint density at radius 2 is 2.00 bits per heavy atom. The van der Waals surface area contributed by atoms with Crippen molar-refractivity contribution in [3.05, 3.63) is 26.6 Å². The zero-order valence-corrected chi connectivity index (χ0v) is 16.0. The summed E-state index contributed by atoms with van der Waals surface area (Å²) in [5.41, 5.74) is 1.69. The van der Waals surface area contributed by atoms with Gasteiger partial charge in [0, 0.05) is 22.6 Å². The molecule has 0 aliphatic heterocycles. The van der Waals surface area contributed by atoms with E-state index >= 15 is 0 Å². The van der Waals surface area contributed by atoms with Crippen LogP contribution in [0.2, 0.25) is 0 Å². The maximum Gasteiger partial charge on any atom is 0.134 e. The summed E-state index contributed by atoms with van der Waals surface area (Å²) in [7, 11) is 0. The average Bonchev–Trinajstić information content (AvgIpc) is 2.85. The third kappa shape index (κ3) is 2.57. The first-order valence-electron chi connectivity index (χ1n) is 7.64. The highest BCUT2D eigenvalue weighted by Crippen LogP contribution is 2.62. The molecule has 0 heterocycles. The van der Waals surface area contributed by atoms with Gasteiger partial charge in [0.1, 0.15) is 5.75 Å². The molecule has 0 radical (unpaired) electrons. The summed E-state index contributed by atoms with van der Waals surface area (Å²) in [4.78, 5) is 0. The minimum absolute atomic E-state index is 0.339. The summed E-state index contributed by atoms with van der Waals surface area (Å²) in [6, 6.07) is 4.39. The van der Waals surface area contributed by atoms with E-state index in [1.807, 2.05) is 12.1 Å². The summed E-state index contributed by atoms with van der Waals surface area (Å²) < 4.78 is 1.73. The van der Waals surface area contributed by atoms with Gasteiger partial charge in [0.05, 0.1) is 4.47 Å². The van der Waals surface area contributed by atoms with Gasteiger partial charge in [-0.15, -0.1) is 0 Å². The van der Waals surface area contributed by atoms with E-state index in [0.717, 1.165) is 20.4 Å². The Morgan fingerprint density at radius 3 is 2.62 bits per heavy atom. The van der Waals surface area contributed by atoms with E-state index in [0.29, 0.717) is 29.2 Å². The second kappa shape index (κ2) is 5.24. The topological polar surface area (TPSA) is 32.3 Å². The van der Waals surface area contributed by atoms with Gasteiger partial charge in [-0.05, 0) is 64.1 Å². The predicted molar refractivity (Wildman–Crippen MR) is 93.4 cm³/mol. The maximum absolute atomic E-state index is 10.2. The number of nitrogens with one attached hydrogen (secondary N) is 1. The van der Waals surface area contributed by atoms with E-state index in [9.17, 15) is 5.11 Å². The molecule has 2 aliphatic rings. The van der Waals surface area contributed by atoms with Crippen molar-refractivity contribution >= 4 is 31.9 Å². The average molecular weight is 417 g/mol. The standard InChI is InChI=1S/C17H23Br2NO/c1-16(2)11-4-5-17(3,8-11)15(16)20-9-10-6-12(18)7-13(19)14(10)21/h6-7,11,15,20-21H,4-5,8-9H2,1-3H3. The number of hydrogen-bond acceptors (Lipinski definition) is 2. The van der Waals surface area contributed by atoms with Crippen LogP contribution < -0.4 is 5.32 Å². The molecule has 116 valence electrons. The fraction of sp³-hybridized carbons (Fsp3) is 0.647. The molecule has 2 saturated carbocycles. The van der Waals surface area contributed by atoms with Crippen LogP contribution in [0.15, 0.2) is 21.1 Å². The van der Waals surface area contributed by atoms with Crippen molar-refractivity contribution in [3.63, 3.8) is 0 Å². The summed E-state index contributed by atoms with van der Waals surface area (Å²) in [5.74, 6) is 1.18. The van der Waals surface area contributed by atoms with E-state index in [4.69, 9.17) is 0 Å². The first kappa shape index (κ1) is 15.8. The summed E-state index contributed by atoms with van der Waals surface area (Å²) in [6.45, 7) is 7.93. The predicted octanol–water partition coefficient (Wildman–Crippen LogP) is 5.22. The molecular formula is C17H23Br2NO. The molecule has 0 amide bonds. The van der Waals surface area contributed by atoms with Crippen molar-refractivity contribution in [1.82, 2.24) is 5.32 Å². The van der Waals surface area contributed by atoms with Gasteiger partial charge in [0.25, 0.3) is 0 Å². The molecule has 2 N–H and O–H groups in total. The Hall–Kier alpha value is -0.0600. The Labute approximate surface area is 144 Å². The van der Waals surface area contributed by atoms with Gasteiger partial charge in [-0.2, -0.15) is 0 Å². The third-order valence-electron chi connectivity index (χ3n) is 5.87. The molecule has 1 aromatic carbocycles. The molecule has 2 bridgehead atoms. The van der Waals surface area contributed by atoms with Gasteiger partial charge in [0.15, 0.2) is 0 Å². The van der Waals surface area contributed by atoms with E-state index in [1.165, 1.54) is 19.3 Å². The lowest BCUT2D eigenvalue weighted by Crippen LogP contribution is -2.49. The van der Waals surface area contributed by atoms with Crippen molar-refractivity contribution in [2.75, 3.05) is 0 Å². The van der Waals surface area contributed by atoms with Crippen LogP contribution in [0.5, 0.6) is 5.75 Å². The quantitative estimate of drug-likeness (QED) is 0.707. The molecule has 2 fully saturated rings. The fourth-order valence-corrected chi connectivity index (χ4v) is 6.09. The Balaban J connectivity index is 1.79. The number of phenolic OH excluding ortho intramolecular Hbond substituents is 1. The summed E-state index contributed by atoms with van der Waals surface area (Å²) in [6.07, 6.45) is 4.04. The molecular weight excluding hydrogens is 394 g/mol. The number of fused-ring (bicyclic) bond motifs is 2. The smallest absolute Gasteiger partial charge is 0.134 e. The fourth-order valence-electron chi connectivity index (χ4n) is 4.78. The lowest BCUT2D eigenvalue weighted by atomic mass is 9.68. The van der Waals surface area contributed by atoms with Gasteiger partial charge >= 0.3 is 0 Å². The number of halogens is 2. The second-order valence-corrected chi connectivity index (χ2v) is 9.39. The normalized spacial score (nSPS) is 33.6. The lowest BCUT2D eigenvalue weighted by molar-refractivity contribution is 0.108. The molecule has 0 aromatic heterocycles. The van der Waals surface area contributed by atoms with Gasteiger partial charge in [-0.1, -0.05) is 36.7 Å². The molecule has 0 spiro atoms. The number of hydrogen-bond donors (Lipinski definition) is 2. The second-order valence-electron chi connectivity index (χ2n) is 7.62. The Kier molecular flexibility index (Phi) is 3.95. The van der Waals surface area contributed by atoms with Gasteiger partial charge in [-0.3, -0.25) is 0 Å². The monoisotopic (exact) mass is 415 g/mol. The van der Waals surface area contributed by atoms with Crippen molar-refractivity contribution in [1.29, 1.82) is 0 Å². The van der Waals surface area contributed by atoms with Crippen LogP contribution in [0.4, 0.5) is 0 Å². The molecule has 3 unspecified atom stereocenters. The molecule has 3 atom stereocenters. The molecule has 2 nitrogen and oxygen atoms in total. The lowest BCUT2D eigenvalue weighted by Gasteiger charge is -2.43. The van der Waals surface area contributed by atoms with Crippen LogP contribution in [-0.2, 0) is 6.54 Å². The minimum Gasteiger partial charge on any atom is -0.506 e. The number of benzene rings is 1. The highest BCUT2D eigenvalue weighted by atomic mass is 79.9. The largest absolute Gasteiger partial charge is 0.506 e. The van der Waals surface area contributed by atoms with Crippen LogP contribution in [0.3, 0.4) is 0 Å². The van der Waals surface area contributed by atoms with Gasteiger partial charge in [-0.25, -0.2) is 0 Å². The number of rotatable bonds is 3. The molecule has 2 aliphatic carbocycles. The van der Waals surface area contributed by atoms with Crippen LogP contribution in [0.1, 0.15) is 45.6 Å². The molecule has 4 heteroatoms. The molecule has 1 aromatic rings. The first-order valence-corrected chi connectivity index (χ1v) is 9.23. The summed E-state index contributed by atoms with van der Waals surface area (Å²) in [5, 5.41) is 14.0. The number of aromatic hydroxyl groups is 1. The minimum atomic E-state index is 0.339. The van der Waals surface area contributed by atoms with Gasteiger partial charge < -0.3 is 10.4 Å². The van der Waals surface area contributed by atoms with Crippen LogP contribution in [0.25, 0.3) is 0 Å². The molecule has 21 heavy (non-hydrogen) atoms. The first-order chi connectivity index (χ1) is 9.74. The van der Waals surface area contributed by atoms with Crippen LogP contribution in [0, 0.1) is 16.7 Å². The highest BCUT2D eigenvalue weighted by Gasteiger charge is 2.58. The van der Waals surface area contributed by atoms with Crippen molar-refractivity contribution < 1.29 is 5.11 Å². The van der Waals surface area contributed by atoms with Gasteiger partial charge in [0.2, 0.25) is 0 Å².